The Morgan fingerprint density at radius 2 is 2.00 bits per heavy atom. The molecule has 4 rings (SSSR count). The molecule has 5 atom stereocenters. The standard InChI is InChI=1S/C21H26O2/c1-3-10-21(23)12-9-19-18-6-4-14-13-15(22)5-7-16(14)17(18)8-11-20(19,21)2/h5,7,13,17-19,22-23H,4,6,8-9,11-12H2,1-2H3/t17-,18-,19+,20+,21+/m1/s1. The van der Waals surface area contributed by atoms with Crippen LogP contribution < -0.4 is 0 Å². The van der Waals surface area contributed by atoms with Crippen LogP contribution in [0.1, 0.15) is 63.0 Å². The van der Waals surface area contributed by atoms with Crippen molar-refractivity contribution in [1.82, 2.24) is 0 Å². The minimum Gasteiger partial charge on any atom is -0.508 e. The fraction of sp³-hybridized carbons (Fsp3) is 0.619. The molecular formula is C21H26O2. The molecule has 0 aromatic heterocycles. The third kappa shape index (κ3) is 1.99. The minimum atomic E-state index is -0.799. The van der Waals surface area contributed by atoms with E-state index >= 15 is 0 Å². The second kappa shape index (κ2) is 5.02. The van der Waals surface area contributed by atoms with E-state index in [1.165, 1.54) is 17.5 Å². The van der Waals surface area contributed by atoms with Gasteiger partial charge in [-0.3, -0.25) is 0 Å². The average molecular weight is 310 g/mol. The number of fused-ring (bicyclic) bond motifs is 5. The Morgan fingerprint density at radius 3 is 2.78 bits per heavy atom. The first kappa shape index (κ1) is 15.1. The van der Waals surface area contributed by atoms with Crippen molar-refractivity contribution in [1.29, 1.82) is 0 Å². The van der Waals surface area contributed by atoms with Gasteiger partial charge in [-0.15, -0.1) is 5.92 Å². The molecule has 2 nitrogen and oxygen atoms in total. The normalized spacial score (nSPS) is 41.3. The average Bonchev–Trinajstić information content (AvgIpc) is 2.79. The van der Waals surface area contributed by atoms with Gasteiger partial charge >= 0.3 is 0 Å². The van der Waals surface area contributed by atoms with Gasteiger partial charge in [0.15, 0.2) is 0 Å². The third-order valence-electron chi connectivity index (χ3n) is 7.19. The van der Waals surface area contributed by atoms with Gasteiger partial charge in [0.25, 0.3) is 0 Å². The van der Waals surface area contributed by atoms with Gasteiger partial charge in [0.1, 0.15) is 11.4 Å². The number of hydrogen-bond acceptors (Lipinski definition) is 2. The maximum atomic E-state index is 11.2. The van der Waals surface area contributed by atoms with Crippen molar-refractivity contribution in [3.63, 3.8) is 0 Å². The van der Waals surface area contributed by atoms with Gasteiger partial charge in [-0.1, -0.05) is 18.9 Å². The smallest absolute Gasteiger partial charge is 0.131 e. The van der Waals surface area contributed by atoms with Crippen LogP contribution in [0.15, 0.2) is 18.2 Å². The van der Waals surface area contributed by atoms with E-state index < -0.39 is 5.60 Å². The van der Waals surface area contributed by atoms with Gasteiger partial charge in [0, 0.05) is 5.41 Å². The second-order valence-electron chi connectivity index (χ2n) is 8.03. The number of aromatic hydroxyl groups is 1. The van der Waals surface area contributed by atoms with Crippen LogP contribution in [0.2, 0.25) is 0 Å². The molecule has 0 spiro atoms. The second-order valence-corrected chi connectivity index (χ2v) is 8.03. The summed E-state index contributed by atoms with van der Waals surface area (Å²) in [7, 11) is 0. The van der Waals surface area contributed by atoms with E-state index in [1.54, 1.807) is 0 Å². The molecule has 0 amide bonds. The van der Waals surface area contributed by atoms with E-state index in [2.05, 4.69) is 24.8 Å². The highest BCUT2D eigenvalue weighted by Gasteiger charge is 2.61. The summed E-state index contributed by atoms with van der Waals surface area (Å²) in [4.78, 5) is 0. The first-order valence-corrected chi connectivity index (χ1v) is 8.96. The lowest BCUT2D eigenvalue weighted by molar-refractivity contribution is -0.0648. The molecule has 0 radical (unpaired) electrons. The number of phenolic OH excluding ortho intramolecular Hbond substituents is 1. The molecule has 1 aromatic carbocycles. The zero-order valence-electron chi connectivity index (χ0n) is 14.1. The topological polar surface area (TPSA) is 40.5 Å². The van der Waals surface area contributed by atoms with E-state index in [-0.39, 0.29) is 5.41 Å². The van der Waals surface area contributed by atoms with Gasteiger partial charge in [-0.2, -0.15) is 0 Å². The predicted octanol–water partition coefficient (Wildman–Crippen LogP) is 4.00. The Balaban J connectivity index is 1.71. The van der Waals surface area contributed by atoms with Crippen molar-refractivity contribution >= 4 is 0 Å². The first-order chi connectivity index (χ1) is 11.0. The van der Waals surface area contributed by atoms with Crippen LogP contribution in [0.5, 0.6) is 5.75 Å². The first-order valence-electron chi connectivity index (χ1n) is 8.96. The molecule has 0 bridgehead atoms. The fourth-order valence-corrected chi connectivity index (χ4v) is 6.00. The lowest BCUT2D eigenvalue weighted by Crippen LogP contribution is -2.50. The molecule has 0 aliphatic heterocycles. The van der Waals surface area contributed by atoms with E-state index in [4.69, 9.17) is 0 Å². The van der Waals surface area contributed by atoms with Gasteiger partial charge in [-0.05, 0) is 86.5 Å². The van der Waals surface area contributed by atoms with Crippen LogP contribution in [0.25, 0.3) is 0 Å². The largest absolute Gasteiger partial charge is 0.508 e. The zero-order valence-corrected chi connectivity index (χ0v) is 14.1. The number of benzene rings is 1. The Labute approximate surface area is 138 Å². The number of aliphatic hydroxyl groups is 1. The lowest BCUT2D eigenvalue weighted by atomic mass is 9.53. The molecule has 3 aliphatic carbocycles. The summed E-state index contributed by atoms with van der Waals surface area (Å²) in [6.45, 7) is 4.11. The van der Waals surface area contributed by atoms with Crippen LogP contribution in [-0.4, -0.2) is 15.8 Å². The molecule has 0 unspecified atom stereocenters. The predicted molar refractivity (Wildman–Crippen MR) is 91.1 cm³/mol. The molecule has 3 aliphatic rings. The molecular weight excluding hydrogens is 284 g/mol. The minimum absolute atomic E-state index is 0.0639. The molecule has 23 heavy (non-hydrogen) atoms. The van der Waals surface area contributed by atoms with Gasteiger partial charge in [-0.25, -0.2) is 0 Å². The molecule has 2 saturated carbocycles. The summed E-state index contributed by atoms with van der Waals surface area (Å²) >= 11 is 0. The van der Waals surface area contributed by atoms with E-state index in [1.807, 2.05) is 19.1 Å². The number of aryl methyl sites for hydroxylation is 1. The van der Waals surface area contributed by atoms with Crippen molar-refractivity contribution in [2.45, 2.75) is 63.9 Å². The monoisotopic (exact) mass is 310 g/mol. The van der Waals surface area contributed by atoms with Crippen molar-refractivity contribution < 1.29 is 10.2 Å². The van der Waals surface area contributed by atoms with Crippen LogP contribution in [0.4, 0.5) is 0 Å². The van der Waals surface area contributed by atoms with Gasteiger partial charge in [0.05, 0.1) is 0 Å². The zero-order chi connectivity index (χ0) is 16.2. The summed E-state index contributed by atoms with van der Waals surface area (Å²) in [6.07, 6.45) is 6.32. The molecule has 2 fully saturated rings. The quantitative estimate of drug-likeness (QED) is 0.711. The number of hydrogen-bond donors (Lipinski definition) is 2. The lowest BCUT2D eigenvalue weighted by Gasteiger charge is -2.52. The van der Waals surface area contributed by atoms with Gasteiger partial charge < -0.3 is 10.2 Å². The highest BCUT2D eigenvalue weighted by molar-refractivity contribution is 5.40. The van der Waals surface area contributed by atoms with Crippen molar-refractivity contribution in [3.8, 4) is 17.6 Å². The summed E-state index contributed by atoms with van der Waals surface area (Å²) in [5.74, 6) is 8.32. The Hall–Kier alpha value is -1.46. The Bertz CT molecular complexity index is 698. The summed E-state index contributed by atoms with van der Waals surface area (Å²) < 4.78 is 0. The third-order valence-corrected chi connectivity index (χ3v) is 7.19. The maximum Gasteiger partial charge on any atom is 0.131 e. The molecule has 0 heterocycles. The van der Waals surface area contributed by atoms with Crippen molar-refractivity contribution in [3.05, 3.63) is 29.3 Å². The molecule has 2 N–H and O–H groups in total. The fourth-order valence-electron chi connectivity index (χ4n) is 6.00. The highest BCUT2D eigenvalue weighted by atomic mass is 16.3. The highest BCUT2D eigenvalue weighted by Crippen LogP contribution is 2.64. The van der Waals surface area contributed by atoms with E-state index in [0.717, 1.165) is 32.1 Å². The van der Waals surface area contributed by atoms with Crippen molar-refractivity contribution in [2.75, 3.05) is 0 Å². The number of phenols is 1. The maximum absolute atomic E-state index is 11.2. The van der Waals surface area contributed by atoms with Crippen LogP contribution in [0.3, 0.4) is 0 Å². The van der Waals surface area contributed by atoms with Crippen LogP contribution >= 0.6 is 0 Å². The number of rotatable bonds is 0. The van der Waals surface area contributed by atoms with Gasteiger partial charge in [0.2, 0.25) is 0 Å². The SMILES string of the molecule is CC#C[C@]1(O)CC[C@H]2[C@@H]3CCc4cc(O)ccc4[C@H]3CC[C@@]21C. The van der Waals surface area contributed by atoms with E-state index in [0.29, 0.717) is 23.5 Å². The summed E-state index contributed by atoms with van der Waals surface area (Å²) in [6, 6.07) is 5.92. The molecule has 0 saturated heterocycles. The summed E-state index contributed by atoms with van der Waals surface area (Å²) in [5, 5.41) is 20.9. The Morgan fingerprint density at radius 1 is 1.17 bits per heavy atom. The van der Waals surface area contributed by atoms with E-state index in [9.17, 15) is 10.2 Å². The Kier molecular flexibility index (Phi) is 3.29. The van der Waals surface area contributed by atoms with Crippen LogP contribution in [-0.2, 0) is 6.42 Å². The molecule has 1 aromatic rings. The molecule has 122 valence electrons. The van der Waals surface area contributed by atoms with Crippen molar-refractivity contribution in [2.24, 2.45) is 17.3 Å². The van der Waals surface area contributed by atoms with Crippen LogP contribution in [0, 0.1) is 29.1 Å². The summed E-state index contributed by atoms with van der Waals surface area (Å²) in [5.41, 5.74) is 1.91. The molecule has 2 heteroatoms.